The second-order valence-electron chi connectivity index (χ2n) is 3.42. The van der Waals surface area contributed by atoms with Crippen molar-refractivity contribution in [2.45, 2.75) is 12.5 Å². The number of carbonyl (C=O) groups excluding carboxylic acids is 1. The molecule has 0 spiro atoms. The monoisotopic (exact) mass is 197 g/mol. The van der Waals surface area contributed by atoms with Gasteiger partial charge in [-0.1, -0.05) is 0 Å². The summed E-state index contributed by atoms with van der Waals surface area (Å²) in [7, 11) is 0. The summed E-state index contributed by atoms with van der Waals surface area (Å²) in [6.45, 7) is 2.38. The number of likely N-dealkylation sites (tertiary alicyclic amines) is 1. The van der Waals surface area contributed by atoms with Crippen molar-refractivity contribution in [3.63, 3.8) is 0 Å². The molecule has 0 radical (unpaired) electrons. The summed E-state index contributed by atoms with van der Waals surface area (Å²) in [6.07, 6.45) is 0. The van der Waals surface area contributed by atoms with Crippen LogP contribution in [-0.4, -0.2) is 29.0 Å². The lowest BCUT2D eigenvalue weighted by Crippen LogP contribution is -2.60. The number of thiophene rings is 1. The van der Waals surface area contributed by atoms with Gasteiger partial charge in [-0.05, 0) is 22.4 Å². The minimum atomic E-state index is -0.786. The Labute approximate surface area is 80.6 Å². The van der Waals surface area contributed by atoms with Crippen molar-refractivity contribution < 1.29 is 9.90 Å². The molecule has 1 aromatic heterocycles. The second-order valence-corrected chi connectivity index (χ2v) is 4.20. The fraction of sp³-hybridized carbons (Fsp3) is 0.444. The van der Waals surface area contributed by atoms with Crippen LogP contribution < -0.4 is 0 Å². The SMILES string of the molecule is CC(=O)N1CC(O)(c2ccsc2)C1. The summed E-state index contributed by atoms with van der Waals surface area (Å²) < 4.78 is 0. The molecule has 1 N–H and O–H groups in total. The summed E-state index contributed by atoms with van der Waals surface area (Å²) in [5.74, 6) is 0.0277. The maximum atomic E-state index is 10.9. The van der Waals surface area contributed by atoms with E-state index in [4.69, 9.17) is 0 Å². The summed E-state index contributed by atoms with van der Waals surface area (Å²) >= 11 is 1.56. The molecule has 2 rings (SSSR count). The fourth-order valence-electron chi connectivity index (χ4n) is 1.52. The highest BCUT2D eigenvalue weighted by Crippen LogP contribution is 2.32. The predicted octanol–water partition coefficient (Wildman–Crippen LogP) is 0.798. The highest BCUT2D eigenvalue weighted by atomic mass is 32.1. The van der Waals surface area contributed by atoms with Crippen LogP contribution in [0.4, 0.5) is 0 Å². The van der Waals surface area contributed by atoms with Crippen LogP contribution in [0.1, 0.15) is 12.5 Å². The van der Waals surface area contributed by atoms with Crippen LogP contribution in [0.3, 0.4) is 0 Å². The van der Waals surface area contributed by atoms with E-state index in [1.807, 2.05) is 16.8 Å². The predicted molar refractivity (Wildman–Crippen MR) is 50.5 cm³/mol. The third-order valence-corrected chi connectivity index (χ3v) is 3.09. The molecular weight excluding hydrogens is 186 g/mol. The third-order valence-electron chi connectivity index (χ3n) is 2.41. The zero-order valence-electron chi connectivity index (χ0n) is 7.36. The number of amides is 1. The molecule has 1 fully saturated rings. The maximum Gasteiger partial charge on any atom is 0.219 e. The number of β-amino-alcohol motifs (C(OH)–C–C–N with tert-alkyl or cyclic N) is 1. The van der Waals surface area contributed by atoms with E-state index in [1.165, 1.54) is 6.92 Å². The lowest BCUT2D eigenvalue weighted by molar-refractivity contribution is -0.154. The van der Waals surface area contributed by atoms with Crippen molar-refractivity contribution in [2.75, 3.05) is 13.1 Å². The van der Waals surface area contributed by atoms with Gasteiger partial charge >= 0.3 is 0 Å². The Kier molecular flexibility index (Phi) is 1.89. The first kappa shape index (κ1) is 8.72. The Hall–Kier alpha value is -0.870. The number of aliphatic hydroxyl groups is 1. The molecule has 1 amide bonds. The van der Waals surface area contributed by atoms with Crippen LogP contribution in [0.15, 0.2) is 16.8 Å². The van der Waals surface area contributed by atoms with E-state index in [9.17, 15) is 9.90 Å². The Morgan fingerprint density at radius 2 is 2.38 bits per heavy atom. The van der Waals surface area contributed by atoms with Gasteiger partial charge in [0.05, 0.1) is 13.1 Å². The zero-order chi connectivity index (χ0) is 9.47. The molecule has 0 aliphatic carbocycles. The molecule has 1 aliphatic heterocycles. The molecule has 70 valence electrons. The topological polar surface area (TPSA) is 40.5 Å². The smallest absolute Gasteiger partial charge is 0.219 e. The van der Waals surface area contributed by atoms with Gasteiger partial charge in [0.15, 0.2) is 0 Å². The van der Waals surface area contributed by atoms with Gasteiger partial charge in [0.1, 0.15) is 5.60 Å². The lowest BCUT2D eigenvalue weighted by Gasteiger charge is -2.45. The van der Waals surface area contributed by atoms with E-state index in [-0.39, 0.29) is 5.91 Å². The summed E-state index contributed by atoms with van der Waals surface area (Å²) in [4.78, 5) is 12.5. The average molecular weight is 197 g/mol. The molecule has 0 atom stereocenters. The molecule has 2 heterocycles. The van der Waals surface area contributed by atoms with E-state index in [1.54, 1.807) is 16.2 Å². The van der Waals surface area contributed by atoms with Crippen molar-refractivity contribution in [2.24, 2.45) is 0 Å². The van der Waals surface area contributed by atoms with Crippen LogP contribution in [0.5, 0.6) is 0 Å². The fourth-order valence-corrected chi connectivity index (χ4v) is 2.27. The third kappa shape index (κ3) is 1.36. The highest BCUT2D eigenvalue weighted by molar-refractivity contribution is 7.08. The normalized spacial score (nSPS) is 19.7. The number of hydrogen-bond donors (Lipinski definition) is 1. The first-order chi connectivity index (χ1) is 6.12. The van der Waals surface area contributed by atoms with Gasteiger partial charge in [0, 0.05) is 6.92 Å². The Morgan fingerprint density at radius 3 is 2.85 bits per heavy atom. The highest BCUT2D eigenvalue weighted by Gasteiger charge is 2.43. The van der Waals surface area contributed by atoms with Crippen LogP contribution >= 0.6 is 11.3 Å². The number of nitrogens with zero attached hydrogens (tertiary/aromatic N) is 1. The van der Waals surface area contributed by atoms with E-state index in [2.05, 4.69) is 0 Å². The van der Waals surface area contributed by atoms with Gasteiger partial charge in [-0.25, -0.2) is 0 Å². The molecule has 3 nitrogen and oxygen atoms in total. The molecule has 13 heavy (non-hydrogen) atoms. The molecular formula is C9H11NO2S. The molecule has 0 bridgehead atoms. The molecule has 1 saturated heterocycles. The Morgan fingerprint density at radius 1 is 1.69 bits per heavy atom. The first-order valence-corrected chi connectivity index (χ1v) is 5.07. The summed E-state index contributed by atoms with van der Waals surface area (Å²) in [6, 6.07) is 1.90. The van der Waals surface area contributed by atoms with Gasteiger partial charge < -0.3 is 10.0 Å². The van der Waals surface area contributed by atoms with Gasteiger partial charge in [0.2, 0.25) is 5.91 Å². The van der Waals surface area contributed by atoms with E-state index < -0.39 is 5.60 Å². The minimum Gasteiger partial charge on any atom is -0.381 e. The first-order valence-electron chi connectivity index (χ1n) is 4.12. The van der Waals surface area contributed by atoms with Crippen molar-refractivity contribution in [3.8, 4) is 0 Å². The maximum absolute atomic E-state index is 10.9. The zero-order valence-corrected chi connectivity index (χ0v) is 8.17. The quantitative estimate of drug-likeness (QED) is 0.723. The number of hydrogen-bond acceptors (Lipinski definition) is 3. The lowest BCUT2D eigenvalue weighted by atomic mass is 9.88. The van der Waals surface area contributed by atoms with Gasteiger partial charge in [-0.2, -0.15) is 11.3 Å². The molecule has 1 aliphatic rings. The van der Waals surface area contributed by atoms with Crippen LogP contribution in [0, 0.1) is 0 Å². The molecule has 0 saturated carbocycles. The Balaban J connectivity index is 2.08. The van der Waals surface area contributed by atoms with Crippen LogP contribution in [0.2, 0.25) is 0 Å². The number of carbonyl (C=O) groups is 1. The van der Waals surface area contributed by atoms with Crippen LogP contribution in [-0.2, 0) is 10.4 Å². The van der Waals surface area contributed by atoms with Gasteiger partial charge in [-0.15, -0.1) is 0 Å². The van der Waals surface area contributed by atoms with Gasteiger partial charge in [-0.3, -0.25) is 4.79 Å². The summed E-state index contributed by atoms with van der Waals surface area (Å²) in [5, 5.41) is 13.9. The molecule has 0 unspecified atom stereocenters. The van der Waals surface area contributed by atoms with E-state index >= 15 is 0 Å². The molecule has 1 aromatic rings. The Bertz CT molecular complexity index is 314. The minimum absolute atomic E-state index is 0.0277. The van der Waals surface area contributed by atoms with Crippen molar-refractivity contribution in [3.05, 3.63) is 22.4 Å². The van der Waals surface area contributed by atoms with Crippen molar-refractivity contribution in [1.82, 2.24) is 4.90 Å². The summed E-state index contributed by atoms with van der Waals surface area (Å²) in [5.41, 5.74) is 0.140. The average Bonchev–Trinajstić information content (AvgIpc) is 2.49. The largest absolute Gasteiger partial charge is 0.381 e. The standard InChI is InChI=1S/C9H11NO2S/c1-7(11)10-5-9(12,6-10)8-2-3-13-4-8/h2-4,12H,5-6H2,1H3. The molecule has 0 aromatic carbocycles. The number of rotatable bonds is 1. The second kappa shape index (κ2) is 2.82. The van der Waals surface area contributed by atoms with Gasteiger partial charge in [0.25, 0.3) is 0 Å². The van der Waals surface area contributed by atoms with Crippen molar-refractivity contribution in [1.29, 1.82) is 0 Å². The molecule has 4 heteroatoms. The van der Waals surface area contributed by atoms with Crippen LogP contribution in [0.25, 0.3) is 0 Å². The van der Waals surface area contributed by atoms with E-state index in [0.717, 1.165) is 5.56 Å². The van der Waals surface area contributed by atoms with E-state index in [0.29, 0.717) is 13.1 Å². The van der Waals surface area contributed by atoms with Crippen molar-refractivity contribution >= 4 is 17.2 Å².